The average molecular weight is 868 g/mol. The Labute approximate surface area is 301 Å². The molecule has 5 heteroatoms. The third-order valence-electron chi connectivity index (χ3n) is 8.24. The van der Waals surface area contributed by atoms with E-state index in [9.17, 15) is 0 Å². The molecule has 0 amide bonds. The molecule has 0 aliphatic carbocycles. The summed E-state index contributed by atoms with van der Waals surface area (Å²) in [5, 5.41) is 2.22. The molecule has 7 aromatic rings. The number of aryl methyl sites for hydroxylation is 1. The minimum Gasteiger partial charge on any atom is 0 e. The number of aromatic nitrogens is 2. The Bertz CT molecular complexity index is 2140. The maximum absolute atomic E-state index is 6.20. The molecule has 0 fully saturated rings. The maximum Gasteiger partial charge on any atom is 0 e. The summed E-state index contributed by atoms with van der Waals surface area (Å²) in [6, 6.07) is 42.1. The standard InChI is InChI=1S/C28H24NO.C15H18GeN.Ir/c1-28(2,3)18-19-14-15-29-24(16-19)21-12-13-23-26(17-21)30-25-11-7-10-22(27(23)25)20-8-5-4-6-9-20;1-12-10-15(13-8-6-5-7-9-13)17-11-14(12)16(2,3)4;/h4-16H,18H2,1-3H3;5-8,10-11H,1-4H3;/q2*-1;. The quantitative estimate of drug-likeness (QED) is 0.128. The molecule has 3 nitrogen and oxygen atoms in total. The van der Waals surface area contributed by atoms with Crippen LogP contribution in [0.2, 0.25) is 17.3 Å². The Morgan fingerprint density at radius 1 is 0.771 bits per heavy atom. The zero-order valence-electron chi connectivity index (χ0n) is 28.8. The van der Waals surface area contributed by atoms with Crippen LogP contribution in [-0.4, -0.2) is 23.2 Å². The van der Waals surface area contributed by atoms with E-state index in [1.54, 1.807) is 0 Å². The van der Waals surface area contributed by atoms with Gasteiger partial charge in [-0.15, -0.1) is 17.7 Å². The molecule has 0 bridgehead atoms. The smallest absolute Gasteiger partial charge is 0 e. The van der Waals surface area contributed by atoms with Crippen molar-refractivity contribution in [3.63, 3.8) is 0 Å². The van der Waals surface area contributed by atoms with Gasteiger partial charge in [0.2, 0.25) is 0 Å². The maximum atomic E-state index is 6.20. The Hall–Kier alpha value is -3.83. The van der Waals surface area contributed by atoms with Crippen LogP contribution in [-0.2, 0) is 26.5 Å². The first-order valence-electron chi connectivity index (χ1n) is 16.3. The van der Waals surface area contributed by atoms with E-state index in [1.807, 2.05) is 42.6 Å². The zero-order valence-corrected chi connectivity index (χ0v) is 33.3. The Balaban J connectivity index is 0.000000214. The van der Waals surface area contributed by atoms with Crippen molar-refractivity contribution in [3.05, 3.63) is 139 Å². The van der Waals surface area contributed by atoms with E-state index in [0.29, 0.717) is 0 Å². The zero-order chi connectivity index (χ0) is 33.2. The van der Waals surface area contributed by atoms with Gasteiger partial charge in [-0.1, -0.05) is 86.3 Å². The summed E-state index contributed by atoms with van der Waals surface area (Å²) in [4.78, 5) is 9.18. The summed E-state index contributed by atoms with van der Waals surface area (Å²) in [6.45, 7) is 8.96. The molecule has 0 N–H and O–H groups in total. The summed E-state index contributed by atoms with van der Waals surface area (Å²) < 4.78 is 7.69. The molecule has 0 atom stereocenters. The Morgan fingerprint density at radius 3 is 2.21 bits per heavy atom. The molecular formula is C43H42GeIrN2O-2. The molecule has 3 heterocycles. The van der Waals surface area contributed by atoms with E-state index in [0.717, 1.165) is 50.9 Å². The summed E-state index contributed by atoms with van der Waals surface area (Å²) in [7, 11) is 0. The van der Waals surface area contributed by atoms with Crippen molar-refractivity contribution in [2.45, 2.75) is 51.4 Å². The minimum absolute atomic E-state index is 0. The number of furan rings is 1. The van der Waals surface area contributed by atoms with Crippen LogP contribution in [0, 0.1) is 24.5 Å². The number of hydrogen-bond acceptors (Lipinski definition) is 3. The number of hydrogen-bond donors (Lipinski definition) is 0. The molecule has 0 unspecified atom stereocenters. The topological polar surface area (TPSA) is 38.9 Å². The van der Waals surface area contributed by atoms with Crippen LogP contribution >= 0.6 is 0 Å². The molecular weight excluding hydrogens is 825 g/mol. The van der Waals surface area contributed by atoms with Crippen LogP contribution in [0.5, 0.6) is 0 Å². The van der Waals surface area contributed by atoms with E-state index in [1.165, 1.54) is 26.6 Å². The van der Waals surface area contributed by atoms with Crippen molar-refractivity contribution in [1.29, 1.82) is 0 Å². The van der Waals surface area contributed by atoms with Gasteiger partial charge in [-0.25, -0.2) is 0 Å². The largest absolute Gasteiger partial charge is 0 e. The van der Waals surface area contributed by atoms with Gasteiger partial charge >= 0.3 is 106 Å². The first kappa shape index (κ1) is 35.5. The van der Waals surface area contributed by atoms with Gasteiger partial charge in [0, 0.05) is 26.3 Å². The molecule has 0 aliphatic rings. The molecule has 4 aromatic carbocycles. The molecule has 0 saturated carbocycles. The minimum atomic E-state index is -1.77. The van der Waals surface area contributed by atoms with Crippen molar-refractivity contribution in [1.82, 2.24) is 9.97 Å². The van der Waals surface area contributed by atoms with Gasteiger partial charge in [0.1, 0.15) is 5.58 Å². The molecule has 3 aromatic heterocycles. The predicted molar refractivity (Wildman–Crippen MR) is 201 cm³/mol. The van der Waals surface area contributed by atoms with Gasteiger partial charge in [-0.2, -0.15) is 0 Å². The van der Waals surface area contributed by atoms with E-state index >= 15 is 0 Å². The predicted octanol–water partition coefficient (Wildman–Crippen LogP) is 11.1. The monoisotopic (exact) mass is 869 g/mol. The normalized spacial score (nSPS) is 11.6. The number of benzene rings is 4. The molecule has 0 spiro atoms. The fourth-order valence-corrected chi connectivity index (χ4v) is 9.73. The summed E-state index contributed by atoms with van der Waals surface area (Å²) in [5.74, 6) is 7.20. The SMILES string of the molecule is CC(C)(C)Cc1ccnc(-c2[c-]c3oc4cccc(-c5ccccc5)c4c3cc2)c1.Cc1cc(-c2[c-]cccc2)nc[c]1[Ge]([CH3])([CH3])[CH3].[Ir]. The van der Waals surface area contributed by atoms with Crippen LogP contribution in [0.3, 0.4) is 0 Å². The number of nitrogens with zero attached hydrogens (tertiary/aromatic N) is 2. The average Bonchev–Trinajstić information content (AvgIpc) is 3.43. The molecule has 7 rings (SSSR count). The van der Waals surface area contributed by atoms with Crippen molar-refractivity contribution >= 4 is 39.6 Å². The van der Waals surface area contributed by atoms with E-state index in [4.69, 9.17) is 4.42 Å². The van der Waals surface area contributed by atoms with Crippen molar-refractivity contribution in [2.24, 2.45) is 5.41 Å². The van der Waals surface area contributed by atoms with Crippen LogP contribution in [0.1, 0.15) is 31.9 Å². The molecule has 245 valence electrons. The van der Waals surface area contributed by atoms with Crippen LogP contribution in [0.4, 0.5) is 0 Å². The van der Waals surface area contributed by atoms with Gasteiger partial charge in [0.25, 0.3) is 0 Å². The van der Waals surface area contributed by atoms with Crippen molar-refractivity contribution in [3.8, 4) is 33.6 Å². The van der Waals surface area contributed by atoms with Crippen LogP contribution in [0.25, 0.3) is 55.6 Å². The molecule has 48 heavy (non-hydrogen) atoms. The Kier molecular flexibility index (Phi) is 10.9. The second kappa shape index (κ2) is 14.7. The second-order valence-electron chi connectivity index (χ2n) is 14.5. The van der Waals surface area contributed by atoms with Gasteiger partial charge in [0.15, 0.2) is 0 Å². The summed E-state index contributed by atoms with van der Waals surface area (Å²) in [6.07, 6.45) is 4.97. The fraction of sp³-hybridized carbons (Fsp3) is 0.209. The number of fused-ring (bicyclic) bond motifs is 3. The van der Waals surface area contributed by atoms with Gasteiger partial charge in [0.05, 0.1) is 5.58 Å². The third-order valence-corrected chi connectivity index (χ3v) is 12.7. The van der Waals surface area contributed by atoms with Gasteiger partial charge in [-0.3, -0.25) is 0 Å². The molecule has 0 aliphatic heterocycles. The van der Waals surface area contributed by atoms with Crippen LogP contribution < -0.4 is 4.40 Å². The first-order valence-corrected chi connectivity index (χ1v) is 23.6. The van der Waals surface area contributed by atoms with E-state index in [2.05, 4.69) is 140 Å². The van der Waals surface area contributed by atoms with Crippen molar-refractivity contribution < 1.29 is 24.5 Å². The van der Waals surface area contributed by atoms with Gasteiger partial charge in [-0.05, 0) is 46.2 Å². The second-order valence-corrected chi connectivity index (χ2v) is 25.0. The number of pyridine rings is 2. The van der Waals surface area contributed by atoms with Crippen molar-refractivity contribution in [2.75, 3.05) is 0 Å². The van der Waals surface area contributed by atoms with E-state index in [-0.39, 0.29) is 25.5 Å². The fourth-order valence-electron chi connectivity index (χ4n) is 6.15. The molecule has 0 saturated heterocycles. The Morgan fingerprint density at radius 2 is 1.52 bits per heavy atom. The van der Waals surface area contributed by atoms with Gasteiger partial charge < -0.3 is 9.40 Å². The third kappa shape index (κ3) is 8.23. The van der Waals surface area contributed by atoms with E-state index < -0.39 is 13.3 Å². The number of rotatable bonds is 5. The first-order chi connectivity index (χ1) is 22.5. The molecule has 1 radical (unpaired) electrons. The van der Waals surface area contributed by atoms with Crippen LogP contribution in [0.15, 0.2) is 120 Å². The summed E-state index contributed by atoms with van der Waals surface area (Å²) in [5.41, 5.74) is 10.9. The summed E-state index contributed by atoms with van der Waals surface area (Å²) >= 11 is -1.77.